The van der Waals surface area contributed by atoms with Gasteiger partial charge in [-0.1, -0.05) is 12.1 Å². The van der Waals surface area contributed by atoms with E-state index < -0.39 is 5.60 Å². The zero-order chi connectivity index (χ0) is 16.8. The number of hydrogen-bond acceptors (Lipinski definition) is 4. The van der Waals surface area contributed by atoms with Gasteiger partial charge in [-0.3, -0.25) is 0 Å². The van der Waals surface area contributed by atoms with Gasteiger partial charge in [-0.25, -0.2) is 0 Å². The Labute approximate surface area is 168 Å². The second-order valence-corrected chi connectivity index (χ2v) is 9.73. The zero-order valence-corrected chi connectivity index (χ0v) is 17.9. The Hall–Kier alpha value is -0.240. The monoisotopic (exact) mass is 443 g/mol. The van der Waals surface area contributed by atoms with Crippen molar-refractivity contribution in [2.75, 3.05) is 27.3 Å². The van der Waals surface area contributed by atoms with Crippen molar-refractivity contribution in [3.8, 4) is 0 Å². The molecule has 2 aromatic heterocycles. The lowest BCUT2D eigenvalue weighted by Gasteiger charge is -2.53. The Morgan fingerprint density at radius 1 is 1.08 bits per heavy atom. The van der Waals surface area contributed by atoms with Crippen LogP contribution in [0.15, 0.2) is 35.0 Å². The highest BCUT2D eigenvalue weighted by Crippen LogP contribution is 2.45. The van der Waals surface area contributed by atoms with Crippen LogP contribution in [0.5, 0.6) is 0 Å². The SMILES string of the molecule is C[N+]1(C)[C@@H]2COC[C@H]1CC(CC(O)(c1cccs1)c1cccs1)C2.[Br-]. The van der Waals surface area contributed by atoms with Gasteiger partial charge in [-0.2, -0.15) is 0 Å². The van der Waals surface area contributed by atoms with E-state index in [2.05, 4.69) is 37.0 Å². The Morgan fingerprint density at radius 3 is 2.04 bits per heavy atom. The van der Waals surface area contributed by atoms with Gasteiger partial charge < -0.3 is 31.3 Å². The number of piperidine rings is 1. The predicted octanol–water partition coefficient (Wildman–Crippen LogP) is 0.693. The maximum Gasteiger partial charge on any atom is 0.133 e. The number of likely N-dealkylation sites (N-methyl/N-ethyl adjacent to an activating group) is 1. The predicted molar refractivity (Wildman–Crippen MR) is 99.5 cm³/mol. The molecule has 4 heterocycles. The number of rotatable bonds is 4. The van der Waals surface area contributed by atoms with E-state index in [0.717, 1.165) is 46.7 Å². The fourth-order valence-electron chi connectivity index (χ4n) is 4.50. The first-order valence-electron chi connectivity index (χ1n) is 8.71. The molecule has 6 heteroatoms. The molecule has 2 bridgehead atoms. The minimum Gasteiger partial charge on any atom is -1.00 e. The van der Waals surface area contributed by atoms with Crippen LogP contribution in [-0.2, 0) is 10.3 Å². The largest absolute Gasteiger partial charge is 1.00 e. The van der Waals surface area contributed by atoms with E-state index in [1.807, 2.05) is 12.1 Å². The molecule has 4 rings (SSSR count). The van der Waals surface area contributed by atoms with Crippen molar-refractivity contribution in [1.82, 2.24) is 0 Å². The van der Waals surface area contributed by atoms with Gasteiger partial charge in [0.1, 0.15) is 17.7 Å². The Kier molecular flexibility index (Phi) is 5.78. The number of halogens is 1. The molecule has 138 valence electrons. The summed E-state index contributed by atoms with van der Waals surface area (Å²) >= 11 is 3.33. The second kappa shape index (κ2) is 7.41. The standard InChI is InChI=1S/C19H26NO2S2.BrH/c1-20(2)15-9-14(10-16(20)13-22-12-15)11-19(21,17-5-3-7-23-17)18-6-4-8-24-18;/h3-8,14-16,21H,9-13H2,1-2H3;1H/q+1;/p-1/t14?,15-,16+;. The maximum atomic E-state index is 11.7. The molecule has 1 unspecified atom stereocenters. The van der Waals surface area contributed by atoms with Crippen LogP contribution in [0.4, 0.5) is 0 Å². The molecule has 0 radical (unpaired) electrons. The van der Waals surface area contributed by atoms with Crippen LogP contribution in [0.2, 0.25) is 0 Å². The molecule has 1 N–H and O–H groups in total. The van der Waals surface area contributed by atoms with E-state index in [4.69, 9.17) is 4.74 Å². The summed E-state index contributed by atoms with van der Waals surface area (Å²) in [7, 11) is 4.69. The molecule has 2 aromatic rings. The minimum atomic E-state index is -0.837. The van der Waals surface area contributed by atoms with Crippen molar-refractivity contribution < 1.29 is 31.3 Å². The molecular weight excluding hydrogens is 418 g/mol. The van der Waals surface area contributed by atoms with Crippen LogP contribution in [0, 0.1) is 5.92 Å². The quantitative estimate of drug-likeness (QED) is 0.704. The van der Waals surface area contributed by atoms with Crippen molar-refractivity contribution in [2.45, 2.75) is 36.9 Å². The van der Waals surface area contributed by atoms with Gasteiger partial charge in [-0.05, 0) is 35.2 Å². The number of fused-ring (bicyclic) bond motifs is 2. The molecule has 0 amide bonds. The third-order valence-electron chi connectivity index (χ3n) is 6.16. The van der Waals surface area contributed by atoms with Crippen LogP contribution in [0.25, 0.3) is 0 Å². The fourth-order valence-corrected chi connectivity index (χ4v) is 6.27. The van der Waals surface area contributed by atoms with Crippen LogP contribution in [0.1, 0.15) is 29.0 Å². The van der Waals surface area contributed by atoms with Gasteiger partial charge in [0.15, 0.2) is 0 Å². The van der Waals surface area contributed by atoms with Crippen molar-refractivity contribution in [1.29, 1.82) is 0 Å². The van der Waals surface area contributed by atoms with Crippen molar-refractivity contribution in [3.05, 3.63) is 44.8 Å². The van der Waals surface area contributed by atoms with E-state index in [1.165, 1.54) is 0 Å². The first-order chi connectivity index (χ1) is 11.5. The lowest BCUT2D eigenvalue weighted by atomic mass is 9.76. The molecule has 0 aliphatic carbocycles. The first-order valence-corrected chi connectivity index (χ1v) is 10.5. The van der Waals surface area contributed by atoms with E-state index in [9.17, 15) is 5.11 Å². The summed E-state index contributed by atoms with van der Waals surface area (Å²) in [5.74, 6) is 0.546. The van der Waals surface area contributed by atoms with Crippen molar-refractivity contribution >= 4 is 22.7 Å². The molecule has 2 fully saturated rings. The number of quaternary nitrogens is 1. The highest BCUT2D eigenvalue weighted by Gasteiger charge is 2.49. The van der Waals surface area contributed by atoms with Crippen LogP contribution >= 0.6 is 22.7 Å². The highest BCUT2D eigenvalue weighted by atomic mass is 79.9. The number of hydrogen-bond donors (Lipinski definition) is 1. The lowest BCUT2D eigenvalue weighted by molar-refractivity contribution is -0.953. The summed E-state index contributed by atoms with van der Waals surface area (Å²) in [4.78, 5) is 2.15. The molecule has 2 saturated heterocycles. The van der Waals surface area contributed by atoms with E-state index in [1.54, 1.807) is 22.7 Å². The molecule has 2 aliphatic heterocycles. The normalized spacial score (nSPS) is 28.4. The molecule has 25 heavy (non-hydrogen) atoms. The molecule has 2 aliphatic rings. The van der Waals surface area contributed by atoms with Crippen LogP contribution in [0.3, 0.4) is 0 Å². The molecule has 0 spiro atoms. The number of morpholine rings is 1. The highest BCUT2D eigenvalue weighted by molar-refractivity contribution is 7.11. The van der Waals surface area contributed by atoms with Crippen molar-refractivity contribution in [3.63, 3.8) is 0 Å². The lowest BCUT2D eigenvalue weighted by Crippen LogP contribution is -3.00. The Bertz CT molecular complexity index is 621. The minimum absolute atomic E-state index is 0. The van der Waals surface area contributed by atoms with Gasteiger partial charge in [0.25, 0.3) is 0 Å². The summed E-state index contributed by atoms with van der Waals surface area (Å²) in [6.45, 7) is 1.72. The van der Waals surface area contributed by atoms with E-state index >= 15 is 0 Å². The number of aliphatic hydroxyl groups is 1. The fraction of sp³-hybridized carbons (Fsp3) is 0.579. The van der Waals surface area contributed by atoms with E-state index in [0.29, 0.717) is 18.0 Å². The summed E-state index contributed by atoms with van der Waals surface area (Å²) in [5.41, 5.74) is -0.837. The van der Waals surface area contributed by atoms with Gasteiger partial charge in [-0.15, -0.1) is 22.7 Å². The van der Waals surface area contributed by atoms with Gasteiger partial charge in [0.2, 0.25) is 0 Å². The van der Waals surface area contributed by atoms with E-state index in [-0.39, 0.29) is 17.0 Å². The molecule has 3 atom stereocenters. The van der Waals surface area contributed by atoms with Gasteiger partial charge in [0.05, 0.1) is 27.3 Å². The molecular formula is C19H26BrNO2S2. The summed E-state index contributed by atoms with van der Waals surface area (Å²) in [5, 5.41) is 15.8. The first kappa shape index (κ1) is 19.5. The molecule has 0 saturated carbocycles. The maximum absolute atomic E-state index is 11.7. The zero-order valence-electron chi connectivity index (χ0n) is 14.7. The topological polar surface area (TPSA) is 29.5 Å². The van der Waals surface area contributed by atoms with Crippen molar-refractivity contribution in [2.24, 2.45) is 5.92 Å². The third kappa shape index (κ3) is 3.49. The second-order valence-electron chi connectivity index (χ2n) is 7.83. The Morgan fingerprint density at radius 2 is 1.60 bits per heavy atom. The number of thiophene rings is 2. The average molecular weight is 444 g/mol. The van der Waals surface area contributed by atoms with Gasteiger partial charge in [0, 0.05) is 22.6 Å². The summed E-state index contributed by atoms with van der Waals surface area (Å²) in [6, 6.07) is 9.36. The number of nitrogens with zero attached hydrogens (tertiary/aromatic N) is 1. The van der Waals surface area contributed by atoms with Gasteiger partial charge >= 0.3 is 0 Å². The Balaban J connectivity index is 0.00000182. The molecule has 0 aromatic carbocycles. The summed E-state index contributed by atoms with van der Waals surface area (Å²) in [6.07, 6.45) is 3.10. The molecule has 3 nitrogen and oxygen atoms in total. The average Bonchev–Trinajstić information content (AvgIpc) is 3.22. The smallest absolute Gasteiger partial charge is 0.133 e. The third-order valence-corrected chi connectivity index (χ3v) is 8.20. The van der Waals surface area contributed by atoms with Crippen LogP contribution < -0.4 is 17.0 Å². The summed E-state index contributed by atoms with van der Waals surface area (Å²) < 4.78 is 6.90. The number of ether oxygens (including phenoxy) is 1. The van der Waals surface area contributed by atoms with Crippen LogP contribution in [-0.4, -0.2) is 49.0 Å².